The van der Waals surface area contributed by atoms with E-state index in [1.165, 1.54) is 11.8 Å². The molecule has 4 rings (SSSR count). The van der Waals surface area contributed by atoms with Gasteiger partial charge in [-0.05, 0) is 30.7 Å². The number of fused-ring (bicyclic) bond motifs is 1. The van der Waals surface area contributed by atoms with Crippen LogP contribution in [0, 0.1) is 0 Å². The molecule has 2 atom stereocenters. The molecule has 0 aliphatic carbocycles. The van der Waals surface area contributed by atoms with E-state index in [1.54, 1.807) is 6.20 Å². The van der Waals surface area contributed by atoms with Gasteiger partial charge in [-0.15, -0.1) is 12.4 Å². The molecule has 7 nitrogen and oxygen atoms in total. The van der Waals surface area contributed by atoms with Gasteiger partial charge in [0.25, 0.3) is 0 Å². The van der Waals surface area contributed by atoms with Crippen LogP contribution in [0.3, 0.4) is 0 Å². The van der Waals surface area contributed by atoms with Gasteiger partial charge in [0.1, 0.15) is 0 Å². The standard InChI is InChI=1S/C19H23N5O2S.ClH/c1-27(25,26)23-18-13-24(11-9-15(18)14-6-3-2-4-7-14)12-17-16-8-5-10-20-19(16)22-21-17;/h2-8,10,15,18,23H,9,11-13H2,1H3,(H,20,21,22);1H/t15-,18-;/m0./s1. The van der Waals surface area contributed by atoms with Crippen molar-refractivity contribution in [3.8, 4) is 0 Å². The second-order valence-corrected chi connectivity index (χ2v) is 8.89. The molecule has 2 N–H and O–H groups in total. The molecule has 1 fully saturated rings. The molecule has 0 spiro atoms. The van der Waals surface area contributed by atoms with Crippen molar-refractivity contribution in [2.24, 2.45) is 0 Å². The second kappa shape index (κ2) is 8.57. The van der Waals surface area contributed by atoms with E-state index >= 15 is 0 Å². The SMILES string of the molecule is CS(=O)(=O)N[C@H]1CN(Cc2[nH]nc3ncccc23)CC[C@H]1c1ccccc1.Cl. The molecule has 150 valence electrons. The number of nitrogens with one attached hydrogen (secondary N) is 2. The maximum absolute atomic E-state index is 11.9. The first-order valence-corrected chi connectivity index (χ1v) is 10.9. The van der Waals surface area contributed by atoms with E-state index in [9.17, 15) is 8.42 Å². The summed E-state index contributed by atoms with van der Waals surface area (Å²) in [4.78, 5) is 6.52. The number of hydrogen-bond donors (Lipinski definition) is 2. The fraction of sp³-hybridized carbons (Fsp3) is 0.368. The highest BCUT2D eigenvalue weighted by Gasteiger charge is 2.32. The molecule has 1 aromatic carbocycles. The Bertz CT molecular complexity index is 1020. The number of aromatic nitrogens is 3. The highest BCUT2D eigenvalue weighted by Crippen LogP contribution is 2.30. The number of H-pyrrole nitrogens is 1. The zero-order chi connectivity index (χ0) is 18.9. The lowest BCUT2D eigenvalue weighted by Crippen LogP contribution is -2.51. The van der Waals surface area contributed by atoms with Gasteiger partial charge in [0, 0.05) is 36.6 Å². The number of nitrogens with zero attached hydrogens (tertiary/aromatic N) is 3. The van der Waals surface area contributed by atoms with Crippen molar-refractivity contribution in [1.29, 1.82) is 0 Å². The lowest BCUT2D eigenvalue weighted by molar-refractivity contribution is 0.175. The zero-order valence-corrected chi connectivity index (χ0v) is 17.2. The summed E-state index contributed by atoms with van der Waals surface area (Å²) < 4.78 is 26.7. The predicted octanol–water partition coefficient (Wildman–Crippen LogP) is 2.29. The van der Waals surface area contributed by atoms with Crippen LogP contribution in [0.15, 0.2) is 48.7 Å². The molecule has 3 aromatic rings. The Morgan fingerprint density at radius 3 is 2.75 bits per heavy atom. The average molecular weight is 422 g/mol. The zero-order valence-electron chi connectivity index (χ0n) is 15.6. The molecule has 0 saturated carbocycles. The normalized spacial score (nSPS) is 20.8. The maximum Gasteiger partial charge on any atom is 0.209 e. The van der Waals surface area contributed by atoms with Crippen LogP contribution in [-0.4, -0.2) is 53.9 Å². The largest absolute Gasteiger partial charge is 0.296 e. The van der Waals surface area contributed by atoms with Gasteiger partial charge in [-0.1, -0.05) is 30.3 Å². The molecule has 1 saturated heterocycles. The molecular formula is C19H24ClN5O2S. The molecule has 1 aliphatic heterocycles. The summed E-state index contributed by atoms with van der Waals surface area (Å²) in [6, 6.07) is 13.9. The average Bonchev–Trinajstić information content (AvgIpc) is 3.04. The highest BCUT2D eigenvalue weighted by atomic mass is 35.5. The molecule has 0 amide bonds. The van der Waals surface area contributed by atoms with Crippen LogP contribution in [0.4, 0.5) is 0 Å². The Hall–Kier alpha value is -2.00. The number of rotatable bonds is 5. The summed E-state index contributed by atoms with van der Waals surface area (Å²) >= 11 is 0. The van der Waals surface area contributed by atoms with Crippen LogP contribution in [0.1, 0.15) is 23.6 Å². The monoisotopic (exact) mass is 421 g/mol. The van der Waals surface area contributed by atoms with E-state index in [4.69, 9.17) is 0 Å². The number of hydrogen-bond acceptors (Lipinski definition) is 5. The Labute approximate surface area is 171 Å². The first kappa shape index (κ1) is 20.7. The Balaban J connectivity index is 0.00000225. The minimum absolute atomic E-state index is 0. The Morgan fingerprint density at radius 1 is 1.21 bits per heavy atom. The topological polar surface area (TPSA) is 91.0 Å². The summed E-state index contributed by atoms with van der Waals surface area (Å²) in [5.74, 6) is 0.164. The number of pyridine rings is 1. The van der Waals surface area contributed by atoms with Crippen molar-refractivity contribution < 1.29 is 8.42 Å². The predicted molar refractivity (Wildman–Crippen MR) is 112 cm³/mol. The fourth-order valence-corrected chi connectivity index (χ4v) is 4.69. The lowest BCUT2D eigenvalue weighted by atomic mass is 9.86. The number of aromatic amines is 1. The molecule has 0 radical (unpaired) electrons. The van der Waals surface area contributed by atoms with Gasteiger partial charge in [0.05, 0.1) is 11.9 Å². The first-order chi connectivity index (χ1) is 13.0. The molecule has 9 heteroatoms. The molecule has 28 heavy (non-hydrogen) atoms. The van der Waals surface area contributed by atoms with E-state index < -0.39 is 10.0 Å². The Kier molecular flexibility index (Phi) is 6.34. The summed E-state index contributed by atoms with van der Waals surface area (Å²) in [5.41, 5.74) is 2.89. The van der Waals surface area contributed by atoms with Gasteiger partial charge in [-0.2, -0.15) is 5.10 Å². The minimum Gasteiger partial charge on any atom is -0.296 e. The van der Waals surface area contributed by atoms with E-state index in [-0.39, 0.29) is 24.4 Å². The van der Waals surface area contributed by atoms with E-state index in [2.05, 4.69) is 36.9 Å². The summed E-state index contributed by atoms with van der Waals surface area (Å²) in [6.45, 7) is 2.22. The van der Waals surface area contributed by atoms with Gasteiger partial charge < -0.3 is 0 Å². The number of benzene rings is 1. The first-order valence-electron chi connectivity index (χ1n) is 9.02. The second-order valence-electron chi connectivity index (χ2n) is 7.11. The van der Waals surface area contributed by atoms with Crippen LogP contribution in [-0.2, 0) is 16.6 Å². The number of sulfonamides is 1. The number of likely N-dealkylation sites (tertiary alicyclic amines) is 1. The third kappa shape index (κ3) is 4.70. The number of piperidine rings is 1. The Morgan fingerprint density at radius 2 is 2.00 bits per heavy atom. The quantitative estimate of drug-likeness (QED) is 0.659. The van der Waals surface area contributed by atoms with Gasteiger partial charge >= 0.3 is 0 Å². The minimum atomic E-state index is -3.29. The number of halogens is 1. The van der Waals surface area contributed by atoms with Crippen LogP contribution in [0.2, 0.25) is 0 Å². The van der Waals surface area contributed by atoms with Crippen molar-refractivity contribution >= 4 is 33.5 Å². The summed E-state index contributed by atoms with van der Waals surface area (Å²) in [6.07, 6.45) is 3.84. The smallest absolute Gasteiger partial charge is 0.209 e. The molecule has 0 bridgehead atoms. The van der Waals surface area contributed by atoms with Crippen molar-refractivity contribution in [2.45, 2.75) is 24.9 Å². The molecular weight excluding hydrogens is 398 g/mol. The summed E-state index contributed by atoms with van der Waals surface area (Å²) in [5, 5.41) is 8.33. The third-order valence-electron chi connectivity index (χ3n) is 5.08. The highest BCUT2D eigenvalue weighted by molar-refractivity contribution is 7.88. The summed E-state index contributed by atoms with van der Waals surface area (Å²) in [7, 11) is -3.29. The van der Waals surface area contributed by atoms with E-state index in [1.807, 2.05) is 30.3 Å². The van der Waals surface area contributed by atoms with Crippen molar-refractivity contribution in [1.82, 2.24) is 24.8 Å². The molecule has 1 aliphatic rings. The van der Waals surface area contributed by atoms with Crippen molar-refractivity contribution in [3.63, 3.8) is 0 Å². The van der Waals surface area contributed by atoms with Gasteiger partial charge in [0.2, 0.25) is 10.0 Å². The van der Waals surface area contributed by atoms with Gasteiger partial charge in [0.15, 0.2) is 5.65 Å². The van der Waals surface area contributed by atoms with Crippen molar-refractivity contribution in [3.05, 3.63) is 59.9 Å². The van der Waals surface area contributed by atoms with Crippen LogP contribution in [0.25, 0.3) is 11.0 Å². The van der Waals surface area contributed by atoms with E-state index in [0.717, 1.165) is 24.0 Å². The lowest BCUT2D eigenvalue weighted by Gasteiger charge is -2.38. The van der Waals surface area contributed by atoms with Crippen LogP contribution >= 0.6 is 12.4 Å². The third-order valence-corrected chi connectivity index (χ3v) is 5.81. The fourth-order valence-electron chi connectivity index (χ4n) is 3.90. The van der Waals surface area contributed by atoms with E-state index in [0.29, 0.717) is 18.7 Å². The van der Waals surface area contributed by atoms with Crippen LogP contribution in [0.5, 0.6) is 0 Å². The maximum atomic E-state index is 11.9. The van der Waals surface area contributed by atoms with Crippen LogP contribution < -0.4 is 4.72 Å². The molecule has 2 aromatic heterocycles. The van der Waals surface area contributed by atoms with Crippen molar-refractivity contribution in [2.75, 3.05) is 19.3 Å². The molecule has 3 heterocycles. The molecule has 0 unspecified atom stereocenters. The van der Waals surface area contributed by atoms with Gasteiger partial charge in [-0.25, -0.2) is 18.1 Å². The van der Waals surface area contributed by atoms with Gasteiger partial charge in [-0.3, -0.25) is 10.00 Å².